The first-order chi connectivity index (χ1) is 12.5. The van der Waals surface area contributed by atoms with Gasteiger partial charge in [-0.25, -0.2) is 0 Å². The fourth-order valence-electron chi connectivity index (χ4n) is 3.66. The summed E-state index contributed by atoms with van der Waals surface area (Å²) in [4.78, 5) is 26.0. The zero-order valence-corrected chi connectivity index (χ0v) is 15.1. The van der Waals surface area contributed by atoms with Crippen molar-refractivity contribution in [2.24, 2.45) is 5.73 Å². The first kappa shape index (κ1) is 18.0. The van der Waals surface area contributed by atoms with Gasteiger partial charge in [0, 0.05) is 18.5 Å². The van der Waals surface area contributed by atoms with Crippen LogP contribution in [-0.4, -0.2) is 35.9 Å². The number of rotatable bonds is 5. The molecule has 2 atom stereocenters. The van der Waals surface area contributed by atoms with Crippen LogP contribution in [-0.2, 0) is 4.79 Å². The lowest BCUT2D eigenvalue weighted by Gasteiger charge is -2.23. The van der Waals surface area contributed by atoms with Crippen LogP contribution in [0, 0.1) is 6.92 Å². The fourth-order valence-corrected chi connectivity index (χ4v) is 3.66. The molecule has 0 aromatic heterocycles. The van der Waals surface area contributed by atoms with Crippen molar-refractivity contribution in [3.05, 3.63) is 65.2 Å². The van der Waals surface area contributed by atoms with Crippen LogP contribution in [0.25, 0.3) is 0 Å². The van der Waals surface area contributed by atoms with Crippen molar-refractivity contribution in [3.63, 3.8) is 0 Å². The third-order valence-electron chi connectivity index (χ3n) is 4.95. The topological polar surface area (TPSA) is 72.6 Å². The van der Waals surface area contributed by atoms with Crippen LogP contribution in [0.2, 0.25) is 0 Å². The van der Waals surface area contributed by atoms with Crippen LogP contribution in [0.3, 0.4) is 0 Å². The van der Waals surface area contributed by atoms with Gasteiger partial charge < -0.3 is 15.4 Å². The normalized spacial score (nSPS) is 19.4. The highest BCUT2D eigenvalue weighted by atomic mass is 16.5. The molecule has 1 heterocycles. The van der Waals surface area contributed by atoms with Gasteiger partial charge in [0.25, 0.3) is 11.8 Å². The Morgan fingerprint density at radius 2 is 1.85 bits per heavy atom. The highest BCUT2D eigenvalue weighted by Gasteiger charge is 2.35. The maximum atomic E-state index is 13.1. The number of amides is 2. The number of benzene rings is 2. The minimum Gasteiger partial charge on any atom is -0.483 e. The molecule has 1 fully saturated rings. The number of primary amides is 1. The summed E-state index contributed by atoms with van der Waals surface area (Å²) in [6.45, 7) is 4.61. The molecule has 2 N–H and O–H groups in total. The van der Waals surface area contributed by atoms with Crippen molar-refractivity contribution in [2.45, 2.75) is 32.2 Å². The molecular weight excluding hydrogens is 328 g/mol. The Labute approximate surface area is 153 Å². The van der Waals surface area contributed by atoms with Crippen molar-refractivity contribution < 1.29 is 14.3 Å². The molecule has 2 aromatic rings. The van der Waals surface area contributed by atoms with Crippen molar-refractivity contribution in [1.82, 2.24) is 4.90 Å². The van der Waals surface area contributed by atoms with E-state index < -0.39 is 5.91 Å². The van der Waals surface area contributed by atoms with Crippen LogP contribution in [0.5, 0.6) is 5.75 Å². The molecule has 5 heteroatoms. The van der Waals surface area contributed by atoms with E-state index in [2.05, 4.69) is 26.0 Å². The lowest BCUT2D eigenvalue weighted by molar-refractivity contribution is -0.119. The molecule has 1 aliphatic heterocycles. The van der Waals surface area contributed by atoms with E-state index >= 15 is 0 Å². The summed E-state index contributed by atoms with van der Waals surface area (Å²) >= 11 is 0. The molecule has 2 aromatic carbocycles. The van der Waals surface area contributed by atoms with Crippen molar-refractivity contribution in [2.75, 3.05) is 13.2 Å². The SMILES string of the molecule is Cc1ccccc1C1CC(C)N(C(=O)c2ccccc2OCC(N)=O)C1. The van der Waals surface area contributed by atoms with Gasteiger partial charge in [-0.1, -0.05) is 36.4 Å². The Kier molecular flexibility index (Phi) is 5.26. The van der Waals surface area contributed by atoms with Gasteiger partial charge in [-0.15, -0.1) is 0 Å². The number of ether oxygens (including phenoxy) is 1. The Morgan fingerprint density at radius 1 is 1.15 bits per heavy atom. The summed E-state index contributed by atoms with van der Waals surface area (Å²) in [5, 5.41) is 0. The molecule has 0 aliphatic carbocycles. The summed E-state index contributed by atoms with van der Waals surface area (Å²) in [5.74, 6) is 0.0757. The van der Waals surface area contributed by atoms with Crippen LogP contribution >= 0.6 is 0 Å². The number of likely N-dealkylation sites (tertiary alicyclic amines) is 1. The summed E-state index contributed by atoms with van der Waals surface area (Å²) in [7, 11) is 0. The van der Waals surface area contributed by atoms with E-state index in [4.69, 9.17) is 10.5 Å². The van der Waals surface area contributed by atoms with Crippen molar-refractivity contribution in [3.8, 4) is 5.75 Å². The highest BCUT2D eigenvalue weighted by molar-refractivity contribution is 5.97. The minimum atomic E-state index is -0.568. The van der Waals surface area contributed by atoms with Crippen LogP contribution in [0.1, 0.15) is 40.7 Å². The zero-order valence-electron chi connectivity index (χ0n) is 15.1. The Hall–Kier alpha value is -2.82. The fraction of sp³-hybridized carbons (Fsp3) is 0.333. The molecule has 0 radical (unpaired) electrons. The third kappa shape index (κ3) is 3.72. The summed E-state index contributed by atoms with van der Waals surface area (Å²) in [6.07, 6.45) is 0.931. The van der Waals surface area contributed by atoms with E-state index in [9.17, 15) is 9.59 Å². The predicted octanol–water partition coefficient (Wildman–Crippen LogP) is 2.88. The van der Waals surface area contributed by atoms with Crippen LogP contribution < -0.4 is 10.5 Å². The summed E-state index contributed by atoms with van der Waals surface area (Å²) in [6, 6.07) is 15.5. The van der Waals surface area contributed by atoms with Gasteiger partial charge in [-0.2, -0.15) is 0 Å². The third-order valence-corrected chi connectivity index (χ3v) is 4.95. The largest absolute Gasteiger partial charge is 0.483 e. The number of nitrogens with zero attached hydrogens (tertiary/aromatic N) is 1. The van der Waals surface area contributed by atoms with Gasteiger partial charge in [0.1, 0.15) is 5.75 Å². The average Bonchev–Trinajstić information content (AvgIpc) is 3.01. The molecular formula is C21H24N2O3. The van der Waals surface area contributed by atoms with Gasteiger partial charge in [0.05, 0.1) is 5.56 Å². The van der Waals surface area contributed by atoms with Crippen LogP contribution in [0.4, 0.5) is 0 Å². The molecule has 2 unspecified atom stereocenters. The van der Waals surface area contributed by atoms with E-state index in [1.807, 2.05) is 17.0 Å². The number of carbonyl (C=O) groups is 2. The lowest BCUT2D eigenvalue weighted by atomic mass is 9.93. The van der Waals surface area contributed by atoms with E-state index in [1.54, 1.807) is 24.3 Å². The second-order valence-corrected chi connectivity index (χ2v) is 6.85. The molecule has 26 heavy (non-hydrogen) atoms. The Morgan fingerprint density at radius 3 is 2.58 bits per heavy atom. The monoisotopic (exact) mass is 352 g/mol. The first-order valence-corrected chi connectivity index (χ1v) is 8.84. The Balaban J connectivity index is 1.80. The van der Waals surface area contributed by atoms with Gasteiger partial charge >= 0.3 is 0 Å². The molecule has 3 rings (SSSR count). The molecule has 136 valence electrons. The van der Waals surface area contributed by atoms with E-state index in [0.717, 1.165) is 6.42 Å². The van der Waals surface area contributed by atoms with E-state index in [0.29, 0.717) is 23.8 Å². The van der Waals surface area contributed by atoms with Gasteiger partial charge in [-0.3, -0.25) is 9.59 Å². The smallest absolute Gasteiger partial charge is 0.257 e. The molecule has 0 spiro atoms. The predicted molar refractivity (Wildman–Crippen MR) is 100 cm³/mol. The number of carbonyl (C=O) groups excluding carboxylic acids is 2. The number of para-hydroxylation sites is 1. The molecule has 0 bridgehead atoms. The lowest BCUT2D eigenvalue weighted by Crippen LogP contribution is -2.34. The zero-order chi connectivity index (χ0) is 18.7. The Bertz CT molecular complexity index is 818. The minimum absolute atomic E-state index is 0.0753. The number of aryl methyl sites for hydroxylation is 1. The first-order valence-electron chi connectivity index (χ1n) is 8.84. The maximum Gasteiger partial charge on any atom is 0.257 e. The molecule has 1 saturated heterocycles. The standard InChI is InChI=1S/C21H24N2O3/c1-14-7-3-4-8-17(14)16-11-15(2)23(12-16)21(25)18-9-5-6-10-19(18)26-13-20(22)24/h3-10,15-16H,11-13H2,1-2H3,(H2,22,24). The molecule has 1 aliphatic rings. The van der Waals surface area contributed by atoms with Crippen molar-refractivity contribution in [1.29, 1.82) is 0 Å². The van der Waals surface area contributed by atoms with Gasteiger partial charge in [-0.05, 0) is 43.5 Å². The quantitative estimate of drug-likeness (QED) is 0.899. The van der Waals surface area contributed by atoms with E-state index in [1.165, 1.54) is 11.1 Å². The summed E-state index contributed by atoms with van der Waals surface area (Å²) < 4.78 is 5.42. The molecule has 5 nitrogen and oxygen atoms in total. The highest BCUT2D eigenvalue weighted by Crippen LogP contribution is 2.35. The van der Waals surface area contributed by atoms with Gasteiger partial charge in [0.15, 0.2) is 6.61 Å². The number of hydrogen-bond donors (Lipinski definition) is 1. The summed E-state index contributed by atoms with van der Waals surface area (Å²) in [5.41, 5.74) is 8.16. The maximum absolute atomic E-state index is 13.1. The number of nitrogens with two attached hydrogens (primary N) is 1. The average molecular weight is 352 g/mol. The molecule has 2 amide bonds. The van der Waals surface area contributed by atoms with E-state index in [-0.39, 0.29) is 18.6 Å². The van der Waals surface area contributed by atoms with Crippen LogP contribution in [0.15, 0.2) is 48.5 Å². The second kappa shape index (κ2) is 7.60. The second-order valence-electron chi connectivity index (χ2n) is 6.85. The van der Waals surface area contributed by atoms with Gasteiger partial charge in [0.2, 0.25) is 0 Å². The van der Waals surface area contributed by atoms with Crippen molar-refractivity contribution >= 4 is 11.8 Å². The number of hydrogen-bond acceptors (Lipinski definition) is 3. The molecule has 0 saturated carbocycles.